The molecule has 9 heteroatoms. The third-order valence-electron chi connectivity index (χ3n) is 7.15. The van der Waals surface area contributed by atoms with Crippen molar-refractivity contribution in [3.8, 4) is 5.75 Å². The van der Waals surface area contributed by atoms with E-state index in [1.54, 1.807) is 60.7 Å². The molecule has 8 nitrogen and oxygen atoms in total. The SMILES string of the molecule is COc1ccccc1C(=O)N(CC(=O)N(Cc1ccc(F)cc1)Cc1coc2ccccc2c1=O)CC1CCCO1. The van der Waals surface area contributed by atoms with Gasteiger partial charge in [0, 0.05) is 19.7 Å². The number of amides is 2. The molecule has 2 amide bonds. The van der Waals surface area contributed by atoms with Crippen LogP contribution in [-0.4, -0.2) is 54.5 Å². The Morgan fingerprint density at radius 2 is 1.73 bits per heavy atom. The Labute approximate surface area is 236 Å². The maximum absolute atomic E-state index is 13.9. The number of hydrogen-bond acceptors (Lipinski definition) is 6. The molecular formula is C32H31FN2O6. The minimum absolute atomic E-state index is 0.0556. The fourth-order valence-electron chi connectivity index (χ4n) is 4.98. The Morgan fingerprint density at radius 1 is 0.976 bits per heavy atom. The zero-order valence-corrected chi connectivity index (χ0v) is 22.8. The second-order valence-corrected chi connectivity index (χ2v) is 9.98. The number of methoxy groups -OCH3 is 1. The summed E-state index contributed by atoms with van der Waals surface area (Å²) >= 11 is 0. The number of halogens is 1. The van der Waals surface area contributed by atoms with Gasteiger partial charge in [-0.15, -0.1) is 0 Å². The monoisotopic (exact) mass is 558 g/mol. The van der Waals surface area contributed by atoms with Crippen LogP contribution in [0.3, 0.4) is 0 Å². The molecule has 1 unspecified atom stereocenters. The Hall–Kier alpha value is -4.50. The van der Waals surface area contributed by atoms with E-state index in [9.17, 15) is 18.8 Å². The number of rotatable bonds is 10. The minimum Gasteiger partial charge on any atom is -0.496 e. The highest BCUT2D eigenvalue weighted by Gasteiger charge is 2.29. The van der Waals surface area contributed by atoms with Crippen molar-refractivity contribution >= 4 is 22.8 Å². The van der Waals surface area contributed by atoms with Gasteiger partial charge in [0.15, 0.2) is 5.43 Å². The van der Waals surface area contributed by atoms with Crippen molar-refractivity contribution in [2.24, 2.45) is 0 Å². The highest BCUT2D eigenvalue weighted by atomic mass is 19.1. The van der Waals surface area contributed by atoms with E-state index >= 15 is 0 Å². The minimum atomic E-state index is -0.396. The van der Waals surface area contributed by atoms with E-state index in [4.69, 9.17) is 13.9 Å². The molecule has 212 valence electrons. The average molecular weight is 559 g/mol. The molecule has 1 aromatic heterocycles. The predicted octanol–water partition coefficient (Wildman–Crippen LogP) is 4.79. The van der Waals surface area contributed by atoms with E-state index in [2.05, 4.69) is 0 Å². The lowest BCUT2D eigenvalue weighted by atomic mass is 10.1. The van der Waals surface area contributed by atoms with Crippen LogP contribution in [0.2, 0.25) is 0 Å². The van der Waals surface area contributed by atoms with Crippen LogP contribution >= 0.6 is 0 Å². The Morgan fingerprint density at radius 3 is 2.49 bits per heavy atom. The van der Waals surface area contributed by atoms with Gasteiger partial charge in [0.1, 0.15) is 23.7 Å². The molecule has 0 spiro atoms. The molecule has 1 atom stereocenters. The standard InChI is InChI=1S/C32H31FN2O6/c1-39-28-10-4-3-9-27(28)32(38)35(19-25-7-6-16-40-25)20-30(36)34(17-22-12-14-24(33)15-13-22)18-23-21-41-29-11-5-2-8-26(29)31(23)37/h2-5,8-15,21,25H,6-7,16-20H2,1H3. The second-order valence-electron chi connectivity index (χ2n) is 9.98. The number of carbonyl (C=O) groups is 2. The predicted molar refractivity (Wildman–Crippen MR) is 151 cm³/mol. The molecule has 5 rings (SSSR count). The first-order valence-electron chi connectivity index (χ1n) is 13.5. The molecule has 0 radical (unpaired) electrons. The second kappa shape index (κ2) is 12.8. The summed E-state index contributed by atoms with van der Waals surface area (Å²) in [6, 6.07) is 19.6. The Bertz CT molecular complexity index is 1580. The largest absolute Gasteiger partial charge is 0.496 e. The van der Waals surface area contributed by atoms with Crippen molar-refractivity contribution in [1.29, 1.82) is 0 Å². The molecule has 4 aromatic rings. The average Bonchev–Trinajstić information content (AvgIpc) is 3.51. The van der Waals surface area contributed by atoms with Gasteiger partial charge in [0.25, 0.3) is 5.91 Å². The van der Waals surface area contributed by atoms with Crippen LogP contribution < -0.4 is 10.2 Å². The van der Waals surface area contributed by atoms with Gasteiger partial charge in [-0.05, 0) is 54.8 Å². The van der Waals surface area contributed by atoms with Crippen LogP contribution in [0, 0.1) is 5.82 Å². The maximum Gasteiger partial charge on any atom is 0.258 e. The van der Waals surface area contributed by atoms with Crippen LogP contribution in [0.4, 0.5) is 4.39 Å². The van der Waals surface area contributed by atoms with E-state index in [1.807, 2.05) is 0 Å². The lowest BCUT2D eigenvalue weighted by molar-refractivity contribution is -0.133. The maximum atomic E-state index is 13.9. The molecule has 0 bridgehead atoms. The van der Waals surface area contributed by atoms with E-state index in [-0.39, 0.29) is 49.5 Å². The first-order chi connectivity index (χ1) is 19.9. The van der Waals surface area contributed by atoms with Crippen molar-refractivity contribution in [1.82, 2.24) is 9.80 Å². The quantitative estimate of drug-likeness (QED) is 0.278. The first kappa shape index (κ1) is 28.0. The first-order valence-corrected chi connectivity index (χ1v) is 13.5. The molecule has 1 aliphatic heterocycles. The van der Waals surface area contributed by atoms with Gasteiger partial charge in [0.2, 0.25) is 5.91 Å². The summed E-state index contributed by atoms with van der Waals surface area (Å²) in [5.41, 5.74) is 1.50. The molecule has 0 N–H and O–H groups in total. The van der Waals surface area contributed by atoms with Crippen LogP contribution in [0.1, 0.15) is 34.3 Å². The molecule has 0 aliphatic carbocycles. The number of para-hydroxylation sites is 2. The van der Waals surface area contributed by atoms with Gasteiger partial charge in [-0.25, -0.2) is 4.39 Å². The Balaban J connectivity index is 1.45. The third kappa shape index (κ3) is 6.63. The van der Waals surface area contributed by atoms with Crippen LogP contribution in [0.25, 0.3) is 11.0 Å². The fourth-order valence-corrected chi connectivity index (χ4v) is 4.98. The van der Waals surface area contributed by atoms with Crippen molar-refractivity contribution in [3.05, 3.63) is 112 Å². The van der Waals surface area contributed by atoms with Crippen molar-refractivity contribution in [2.75, 3.05) is 26.8 Å². The normalized spacial score (nSPS) is 14.6. The molecular weight excluding hydrogens is 527 g/mol. The Kier molecular flexibility index (Phi) is 8.74. The van der Waals surface area contributed by atoms with Crippen molar-refractivity contribution in [3.63, 3.8) is 0 Å². The van der Waals surface area contributed by atoms with E-state index in [1.165, 1.54) is 35.3 Å². The van der Waals surface area contributed by atoms with Crippen molar-refractivity contribution < 1.29 is 27.9 Å². The van der Waals surface area contributed by atoms with Crippen LogP contribution in [0.5, 0.6) is 5.75 Å². The zero-order chi connectivity index (χ0) is 28.8. The van der Waals surface area contributed by atoms with Crippen molar-refractivity contribution in [2.45, 2.75) is 32.0 Å². The highest BCUT2D eigenvalue weighted by Crippen LogP contribution is 2.22. The molecule has 2 heterocycles. The number of benzene rings is 3. The summed E-state index contributed by atoms with van der Waals surface area (Å²) in [7, 11) is 1.49. The molecule has 41 heavy (non-hydrogen) atoms. The van der Waals surface area contributed by atoms with Gasteiger partial charge in [-0.1, -0.05) is 36.4 Å². The van der Waals surface area contributed by atoms with E-state index in [0.29, 0.717) is 40.0 Å². The lowest BCUT2D eigenvalue weighted by Crippen LogP contribution is -2.45. The molecule has 3 aromatic carbocycles. The van der Waals surface area contributed by atoms with E-state index < -0.39 is 5.82 Å². The summed E-state index contributed by atoms with van der Waals surface area (Å²) in [4.78, 5) is 43.9. The number of ether oxygens (including phenoxy) is 2. The third-order valence-corrected chi connectivity index (χ3v) is 7.15. The number of nitrogens with zero attached hydrogens (tertiary/aromatic N) is 2. The van der Waals surface area contributed by atoms with Crippen LogP contribution in [-0.2, 0) is 22.6 Å². The van der Waals surface area contributed by atoms with Gasteiger partial charge in [-0.2, -0.15) is 0 Å². The summed E-state index contributed by atoms with van der Waals surface area (Å²) in [5.74, 6) is -0.743. The highest BCUT2D eigenvalue weighted by molar-refractivity contribution is 5.98. The van der Waals surface area contributed by atoms with Crippen LogP contribution in [0.15, 0.2) is 88.3 Å². The topological polar surface area (TPSA) is 89.3 Å². The summed E-state index contributed by atoms with van der Waals surface area (Å²) < 4.78 is 30.5. The number of fused-ring (bicyclic) bond motifs is 1. The zero-order valence-electron chi connectivity index (χ0n) is 22.8. The van der Waals surface area contributed by atoms with Gasteiger partial charge in [-0.3, -0.25) is 14.4 Å². The summed E-state index contributed by atoms with van der Waals surface area (Å²) in [6.07, 6.45) is 2.82. The van der Waals surface area contributed by atoms with Gasteiger partial charge in [0.05, 0.1) is 42.5 Å². The number of hydrogen-bond donors (Lipinski definition) is 0. The van der Waals surface area contributed by atoms with Gasteiger partial charge >= 0.3 is 0 Å². The fraction of sp³-hybridized carbons (Fsp3) is 0.281. The smallest absolute Gasteiger partial charge is 0.258 e. The lowest BCUT2D eigenvalue weighted by Gasteiger charge is -2.29. The number of carbonyl (C=O) groups excluding carboxylic acids is 2. The molecule has 1 aliphatic rings. The van der Waals surface area contributed by atoms with E-state index in [0.717, 1.165) is 12.8 Å². The molecule has 0 saturated carbocycles. The van der Waals surface area contributed by atoms with Gasteiger partial charge < -0.3 is 23.7 Å². The molecule has 1 saturated heterocycles. The summed E-state index contributed by atoms with van der Waals surface area (Å²) in [5, 5.41) is 0.408. The molecule has 1 fully saturated rings. The summed E-state index contributed by atoms with van der Waals surface area (Å²) in [6.45, 7) is 0.619.